The Morgan fingerprint density at radius 1 is 1.20 bits per heavy atom. The van der Waals surface area contributed by atoms with Crippen LogP contribution >= 0.6 is 15.9 Å². The smallest absolute Gasteiger partial charge is 0.102 e. The Morgan fingerprint density at radius 3 is 2.55 bits per heavy atom. The van der Waals surface area contributed by atoms with Crippen molar-refractivity contribution in [2.75, 3.05) is 6.54 Å². The molecule has 0 radical (unpaired) electrons. The molecule has 3 nitrogen and oxygen atoms in total. The number of hydrogen-bond donors (Lipinski definition) is 2. The molecule has 4 heteroatoms. The SMILES string of the molecule is CCC(O)(CNCc1ccccn1)c1ccc(Br)cc1. The zero-order chi connectivity index (χ0) is 14.4. The van der Waals surface area contributed by atoms with Crippen molar-refractivity contribution < 1.29 is 5.11 Å². The van der Waals surface area contributed by atoms with Crippen molar-refractivity contribution in [3.8, 4) is 0 Å². The van der Waals surface area contributed by atoms with E-state index < -0.39 is 5.60 Å². The van der Waals surface area contributed by atoms with Gasteiger partial charge in [0.15, 0.2) is 0 Å². The van der Waals surface area contributed by atoms with Crippen molar-refractivity contribution in [2.45, 2.75) is 25.5 Å². The van der Waals surface area contributed by atoms with Gasteiger partial charge in [-0.3, -0.25) is 4.98 Å². The quantitative estimate of drug-likeness (QED) is 0.852. The maximum absolute atomic E-state index is 10.8. The van der Waals surface area contributed by atoms with E-state index in [1.807, 2.05) is 49.4 Å². The van der Waals surface area contributed by atoms with Crippen molar-refractivity contribution in [3.05, 3.63) is 64.4 Å². The van der Waals surface area contributed by atoms with E-state index >= 15 is 0 Å². The maximum atomic E-state index is 10.8. The lowest BCUT2D eigenvalue weighted by Gasteiger charge is -2.28. The summed E-state index contributed by atoms with van der Waals surface area (Å²) in [6.07, 6.45) is 2.43. The van der Waals surface area contributed by atoms with Gasteiger partial charge in [0.25, 0.3) is 0 Å². The van der Waals surface area contributed by atoms with Gasteiger partial charge in [-0.1, -0.05) is 41.1 Å². The second-order valence-electron chi connectivity index (χ2n) is 4.82. The Hall–Kier alpha value is -1.23. The fourth-order valence-electron chi connectivity index (χ4n) is 2.09. The highest BCUT2D eigenvalue weighted by atomic mass is 79.9. The van der Waals surface area contributed by atoms with Gasteiger partial charge in [-0.15, -0.1) is 0 Å². The second-order valence-corrected chi connectivity index (χ2v) is 5.73. The molecular formula is C16H19BrN2O. The predicted octanol–water partition coefficient (Wildman–Crippen LogP) is 3.23. The predicted molar refractivity (Wildman–Crippen MR) is 84.3 cm³/mol. The molecule has 0 saturated heterocycles. The highest BCUT2D eigenvalue weighted by molar-refractivity contribution is 9.10. The molecule has 0 bridgehead atoms. The fourth-order valence-corrected chi connectivity index (χ4v) is 2.36. The number of halogens is 1. The van der Waals surface area contributed by atoms with Crippen LogP contribution in [-0.2, 0) is 12.1 Å². The van der Waals surface area contributed by atoms with Crippen molar-refractivity contribution in [1.29, 1.82) is 0 Å². The first-order valence-corrected chi connectivity index (χ1v) is 7.52. The molecule has 0 aliphatic rings. The van der Waals surface area contributed by atoms with Gasteiger partial charge in [-0.2, -0.15) is 0 Å². The van der Waals surface area contributed by atoms with Crippen molar-refractivity contribution in [3.63, 3.8) is 0 Å². The largest absolute Gasteiger partial charge is 0.384 e. The molecule has 2 rings (SSSR count). The van der Waals surface area contributed by atoms with Gasteiger partial charge < -0.3 is 10.4 Å². The van der Waals surface area contributed by atoms with Crippen molar-refractivity contribution in [1.82, 2.24) is 10.3 Å². The highest BCUT2D eigenvalue weighted by Gasteiger charge is 2.26. The Morgan fingerprint density at radius 2 is 1.95 bits per heavy atom. The van der Waals surface area contributed by atoms with Crippen LogP contribution in [0.3, 0.4) is 0 Å². The molecule has 0 fully saturated rings. The molecule has 1 heterocycles. The summed E-state index contributed by atoms with van der Waals surface area (Å²) in [6.45, 7) is 3.14. The first-order chi connectivity index (χ1) is 9.64. The molecule has 1 aromatic heterocycles. The van der Waals surface area contributed by atoms with E-state index in [2.05, 4.69) is 26.2 Å². The molecule has 0 spiro atoms. The summed E-state index contributed by atoms with van der Waals surface area (Å²) in [4.78, 5) is 4.26. The third-order valence-corrected chi connectivity index (χ3v) is 3.94. The van der Waals surface area contributed by atoms with E-state index in [4.69, 9.17) is 0 Å². The van der Waals surface area contributed by atoms with Crippen LogP contribution in [0.1, 0.15) is 24.6 Å². The fraction of sp³-hybridized carbons (Fsp3) is 0.312. The average Bonchev–Trinajstić information content (AvgIpc) is 2.49. The maximum Gasteiger partial charge on any atom is 0.102 e. The zero-order valence-corrected chi connectivity index (χ0v) is 13.1. The lowest BCUT2D eigenvalue weighted by atomic mass is 9.91. The minimum Gasteiger partial charge on any atom is -0.384 e. The topological polar surface area (TPSA) is 45.1 Å². The standard InChI is InChI=1S/C16H19BrN2O/c1-2-16(20,13-6-8-14(17)9-7-13)12-18-11-15-5-3-4-10-19-15/h3-10,18,20H,2,11-12H2,1H3. The van der Waals surface area contributed by atoms with Gasteiger partial charge in [-0.05, 0) is 36.2 Å². The number of hydrogen-bond acceptors (Lipinski definition) is 3. The molecule has 2 N–H and O–H groups in total. The van der Waals surface area contributed by atoms with E-state index in [-0.39, 0.29) is 0 Å². The molecule has 1 atom stereocenters. The first kappa shape index (κ1) is 15.2. The number of benzene rings is 1. The van der Waals surface area contributed by atoms with Crippen LogP contribution in [0.2, 0.25) is 0 Å². The summed E-state index contributed by atoms with van der Waals surface area (Å²) in [7, 11) is 0. The van der Waals surface area contributed by atoms with Crippen LogP contribution in [0.5, 0.6) is 0 Å². The zero-order valence-electron chi connectivity index (χ0n) is 11.5. The number of nitrogens with zero attached hydrogens (tertiary/aromatic N) is 1. The molecule has 0 saturated carbocycles. The van der Waals surface area contributed by atoms with Gasteiger partial charge in [0.2, 0.25) is 0 Å². The number of rotatable bonds is 6. The Bertz CT molecular complexity index is 530. The van der Waals surface area contributed by atoms with E-state index in [0.717, 1.165) is 15.7 Å². The third-order valence-electron chi connectivity index (χ3n) is 3.42. The number of nitrogens with one attached hydrogen (secondary N) is 1. The molecule has 20 heavy (non-hydrogen) atoms. The van der Waals surface area contributed by atoms with E-state index in [0.29, 0.717) is 19.5 Å². The second kappa shape index (κ2) is 6.97. The average molecular weight is 335 g/mol. The number of pyridine rings is 1. The molecule has 106 valence electrons. The summed E-state index contributed by atoms with van der Waals surface area (Å²) in [5.41, 5.74) is 1.05. The Balaban J connectivity index is 1.99. The van der Waals surface area contributed by atoms with Crippen LogP contribution in [-0.4, -0.2) is 16.6 Å². The lowest BCUT2D eigenvalue weighted by molar-refractivity contribution is 0.0323. The van der Waals surface area contributed by atoms with Crippen molar-refractivity contribution in [2.24, 2.45) is 0 Å². The lowest BCUT2D eigenvalue weighted by Crippen LogP contribution is -2.37. The Kier molecular flexibility index (Phi) is 5.29. The summed E-state index contributed by atoms with van der Waals surface area (Å²) < 4.78 is 1.01. The van der Waals surface area contributed by atoms with Crippen LogP contribution in [0.4, 0.5) is 0 Å². The normalized spacial score (nSPS) is 13.9. The van der Waals surface area contributed by atoms with Gasteiger partial charge in [0, 0.05) is 23.8 Å². The van der Waals surface area contributed by atoms with E-state index in [9.17, 15) is 5.11 Å². The number of aliphatic hydroxyl groups is 1. The summed E-state index contributed by atoms with van der Waals surface area (Å²) in [5, 5.41) is 14.0. The molecule has 1 aromatic carbocycles. The minimum absolute atomic E-state index is 0.502. The first-order valence-electron chi connectivity index (χ1n) is 6.73. The third kappa shape index (κ3) is 3.88. The molecule has 0 amide bonds. The van der Waals surface area contributed by atoms with E-state index in [1.165, 1.54) is 0 Å². The number of aromatic nitrogens is 1. The van der Waals surface area contributed by atoms with Crippen LogP contribution in [0, 0.1) is 0 Å². The van der Waals surface area contributed by atoms with Gasteiger partial charge in [0.05, 0.1) is 5.69 Å². The summed E-state index contributed by atoms with van der Waals surface area (Å²) in [6, 6.07) is 13.6. The van der Waals surface area contributed by atoms with E-state index in [1.54, 1.807) is 6.20 Å². The van der Waals surface area contributed by atoms with Gasteiger partial charge >= 0.3 is 0 Å². The Labute approximate surface area is 128 Å². The van der Waals surface area contributed by atoms with Crippen LogP contribution in [0.15, 0.2) is 53.1 Å². The minimum atomic E-state index is -0.852. The molecule has 0 aliphatic carbocycles. The molecule has 1 unspecified atom stereocenters. The monoisotopic (exact) mass is 334 g/mol. The summed E-state index contributed by atoms with van der Waals surface area (Å²) in [5.74, 6) is 0. The highest BCUT2D eigenvalue weighted by Crippen LogP contribution is 2.25. The van der Waals surface area contributed by atoms with Gasteiger partial charge in [0.1, 0.15) is 5.60 Å². The molecule has 2 aromatic rings. The van der Waals surface area contributed by atoms with Crippen molar-refractivity contribution >= 4 is 15.9 Å². The molecule has 0 aliphatic heterocycles. The molecular weight excluding hydrogens is 316 g/mol. The van der Waals surface area contributed by atoms with Crippen LogP contribution < -0.4 is 5.32 Å². The summed E-state index contributed by atoms with van der Waals surface area (Å²) >= 11 is 3.41. The van der Waals surface area contributed by atoms with Gasteiger partial charge in [-0.25, -0.2) is 0 Å². The van der Waals surface area contributed by atoms with Crippen LogP contribution in [0.25, 0.3) is 0 Å².